The van der Waals surface area contributed by atoms with Gasteiger partial charge in [-0.05, 0) is 73.0 Å². The lowest BCUT2D eigenvalue weighted by Crippen LogP contribution is -2.36. The number of benzene rings is 2. The van der Waals surface area contributed by atoms with Gasteiger partial charge in [0.15, 0.2) is 5.82 Å². The summed E-state index contributed by atoms with van der Waals surface area (Å²) >= 11 is 9.95. The van der Waals surface area contributed by atoms with E-state index in [1.165, 1.54) is 23.0 Å². The molecular weight excluding hydrogens is 644 g/mol. The van der Waals surface area contributed by atoms with Gasteiger partial charge in [0.25, 0.3) is 0 Å². The summed E-state index contributed by atoms with van der Waals surface area (Å²) in [6.07, 6.45) is 1.75. The molecule has 2 heterocycles. The Kier molecular flexibility index (Phi) is 8.63. The van der Waals surface area contributed by atoms with Crippen molar-refractivity contribution in [3.8, 4) is 11.1 Å². The molecule has 0 fully saturated rings. The highest BCUT2D eigenvalue weighted by Crippen LogP contribution is 2.40. The lowest BCUT2D eigenvalue weighted by molar-refractivity contribution is 0.0502. The van der Waals surface area contributed by atoms with E-state index in [0.29, 0.717) is 32.2 Å². The number of amides is 1. The topological polar surface area (TPSA) is 115 Å². The van der Waals surface area contributed by atoms with E-state index < -0.39 is 39.4 Å². The number of carbonyl (C=O) groups is 1. The van der Waals surface area contributed by atoms with Crippen molar-refractivity contribution < 1.29 is 26.7 Å². The van der Waals surface area contributed by atoms with Crippen molar-refractivity contribution in [2.45, 2.75) is 38.8 Å². The maximum Gasteiger partial charge on any atom is 0.408 e. The van der Waals surface area contributed by atoms with Crippen LogP contribution in [0, 0.1) is 11.6 Å². The van der Waals surface area contributed by atoms with Crippen molar-refractivity contribution in [3.05, 3.63) is 75.0 Å². The molecule has 0 saturated carbocycles. The van der Waals surface area contributed by atoms with Gasteiger partial charge in [0.2, 0.25) is 10.0 Å². The predicted octanol–water partition coefficient (Wildman–Crippen LogP) is 6.51. The molecule has 9 nitrogen and oxygen atoms in total. The number of carbonyl (C=O) groups excluding carboxylic acids is 1. The quantitative estimate of drug-likeness (QED) is 0.232. The van der Waals surface area contributed by atoms with Crippen LogP contribution in [0.2, 0.25) is 5.02 Å². The van der Waals surface area contributed by atoms with Gasteiger partial charge in [-0.25, -0.2) is 22.0 Å². The van der Waals surface area contributed by atoms with Crippen molar-refractivity contribution in [2.24, 2.45) is 7.05 Å². The number of nitrogens with one attached hydrogen (secondary N) is 2. The van der Waals surface area contributed by atoms with Gasteiger partial charge in [-0.3, -0.25) is 14.4 Å². The van der Waals surface area contributed by atoms with E-state index in [0.717, 1.165) is 12.3 Å². The Morgan fingerprint density at radius 2 is 1.80 bits per heavy atom. The number of rotatable bonds is 7. The van der Waals surface area contributed by atoms with Crippen LogP contribution in [-0.2, 0) is 28.2 Å². The zero-order chi connectivity index (χ0) is 30.3. The maximum absolute atomic E-state index is 14.1. The molecule has 2 N–H and O–H groups in total. The standard InChI is InChI=1S/C27H27BrClF2N5O4S/c1-27(2,3)40-26(37)33-21(10-14-8-16(30)12-17(31)9-14)23-19(11-15(28)13-32-23)18-6-7-20(29)22-24(18)36(4)34-25(22)35-41(5,38)39/h6-9,11-13,21H,10H2,1-5H3,(H,33,37)(H,34,35). The van der Waals surface area contributed by atoms with Gasteiger partial charge in [0, 0.05) is 34.9 Å². The third kappa shape index (κ3) is 7.52. The molecule has 41 heavy (non-hydrogen) atoms. The van der Waals surface area contributed by atoms with Crippen molar-refractivity contribution in [1.29, 1.82) is 0 Å². The smallest absolute Gasteiger partial charge is 0.408 e. The van der Waals surface area contributed by atoms with Crippen LogP contribution in [0.15, 0.2) is 47.1 Å². The largest absolute Gasteiger partial charge is 0.444 e. The van der Waals surface area contributed by atoms with Crippen LogP contribution in [0.1, 0.15) is 38.1 Å². The molecule has 0 aliphatic heterocycles. The highest BCUT2D eigenvalue weighted by molar-refractivity contribution is 9.10. The number of halogens is 4. The second kappa shape index (κ2) is 11.5. The summed E-state index contributed by atoms with van der Waals surface area (Å²) in [5, 5.41) is 7.73. The summed E-state index contributed by atoms with van der Waals surface area (Å²) in [5.74, 6) is -1.49. The molecular formula is C27H27BrClF2N5O4S. The Labute approximate surface area is 249 Å². The van der Waals surface area contributed by atoms with Gasteiger partial charge < -0.3 is 10.1 Å². The zero-order valence-electron chi connectivity index (χ0n) is 22.7. The number of pyridine rings is 1. The molecule has 0 aliphatic rings. The lowest BCUT2D eigenvalue weighted by Gasteiger charge is -2.25. The average Bonchev–Trinajstić information content (AvgIpc) is 3.12. The van der Waals surface area contributed by atoms with Crippen molar-refractivity contribution in [2.75, 3.05) is 11.0 Å². The highest BCUT2D eigenvalue weighted by Gasteiger charge is 2.27. The molecule has 1 unspecified atom stereocenters. The van der Waals surface area contributed by atoms with Crippen molar-refractivity contribution in [1.82, 2.24) is 20.1 Å². The number of aryl methyl sites for hydroxylation is 1. The van der Waals surface area contributed by atoms with Gasteiger partial charge >= 0.3 is 6.09 Å². The highest BCUT2D eigenvalue weighted by atomic mass is 79.9. The van der Waals surface area contributed by atoms with E-state index >= 15 is 0 Å². The Bertz CT molecular complexity index is 1740. The second-order valence-electron chi connectivity index (χ2n) is 10.4. The second-order valence-corrected chi connectivity index (χ2v) is 13.5. The molecule has 0 spiro atoms. The fourth-order valence-corrected chi connectivity index (χ4v) is 5.48. The first-order valence-electron chi connectivity index (χ1n) is 12.2. The van der Waals surface area contributed by atoms with Gasteiger partial charge in [-0.2, -0.15) is 5.10 Å². The Morgan fingerprint density at radius 1 is 1.15 bits per heavy atom. The summed E-state index contributed by atoms with van der Waals surface area (Å²) < 4.78 is 62.1. The number of sulfonamides is 1. The van der Waals surface area contributed by atoms with Crippen LogP contribution in [0.5, 0.6) is 0 Å². The number of alkyl carbamates (subject to hydrolysis) is 1. The number of aromatic nitrogens is 3. The molecule has 0 bridgehead atoms. The number of ether oxygens (including phenoxy) is 1. The predicted molar refractivity (Wildman–Crippen MR) is 157 cm³/mol. The zero-order valence-corrected chi connectivity index (χ0v) is 25.9. The van der Waals surface area contributed by atoms with Gasteiger partial charge in [0.05, 0.1) is 33.9 Å². The summed E-state index contributed by atoms with van der Waals surface area (Å²) in [5.41, 5.74) is 1.39. The monoisotopic (exact) mass is 669 g/mol. The van der Waals surface area contributed by atoms with Crippen LogP contribution >= 0.6 is 27.5 Å². The Balaban J connectivity index is 1.92. The molecule has 4 aromatic rings. The number of fused-ring (bicyclic) bond motifs is 1. The number of nitrogens with zero attached hydrogens (tertiary/aromatic N) is 3. The van der Waals surface area contributed by atoms with Crippen molar-refractivity contribution >= 4 is 60.4 Å². The van der Waals surface area contributed by atoms with Crippen molar-refractivity contribution in [3.63, 3.8) is 0 Å². The SMILES string of the molecule is Cn1nc(NS(C)(=O)=O)c2c(Cl)ccc(-c3cc(Br)cnc3C(Cc3cc(F)cc(F)c3)NC(=O)OC(C)(C)C)c21. The van der Waals surface area contributed by atoms with E-state index in [1.807, 2.05) is 0 Å². The van der Waals surface area contributed by atoms with Crippen LogP contribution in [0.25, 0.3) is 22.0 Å². The summed E-state index contributed by atoms with van der Waals surface area (Å²) in [6.45, 7) is 5.13. The maximum atomic E-state index is 14.1. The van der Waals surface area contributed by atoms with Gasteiger partial charge in [0.1, 0.15) is 17.2 Å². The minimum atomic E-state index is -3.68. The van der Waals surface area contributed by atoms with Crippen LogP contribution in [0.4, 0.5) is 19.4 Å². The molecule has 0 aliphatic carbocycles. The molecule has 4 rings (SSSR count). The first-order chi connectivity index (χ1) is 19.0. The number of hydrogen-bond donors (Lipinski definition) is 2. The van der Waals surface area contributed by atoms with E-state index in [-0.39, 0.29) is 22.8 Å². The van der Waals surface area contributed by atoms with E-state index in [1.54, 1.807) is 46.0 Å². The normalized spacial score (nSPS) is 12.8. The first kappa shape index (κ1) is 30.7. The Morgan fingerprint density at radius 3 is 2.41 bits per heavy atom. The van der Waals surface area contributed by atoms with E-state index in [4.69, 9.17) is 16.3 Å². The fraction of sp³-hybridized carbons (Fsp3) is 0.296. The summed E-state index contributed by atoms with van der Waals surface area (Å²) in [4.78, 5) is 17.5. The molecule has 2 aromatic carbocycles. The van der Waals surface area contributed by atoms with Crippen LogP contribution < -0.4 is 10.0 Å². The first-order valence-corrected chi connectivity index (χ1v) is 15.3. The minimum absolute atomic E-state index is 0.0292. The summed E-state index contributed by atoms with van der Waals surface area (Å²) in [6, 6.07) is 7.29. The molecule has 1 atom stereocenters. The van der Waals surface area contributed by atoms with Gasteiger partial charge in [-0.15, -0.1) is 0 Å². The summed E-state index contributed by atoms with van der Waals surface area (Å²) in [7, 11) is -2.04. The molecule has 218 valence electrons. The van der Waals surface area contributed by atoms with Gasteiger partial charge in [-0.1, -0.05) is 17.7 Å². The van der Waals surface area contributed by atoms with E-state index in [9.17, 15) is 22.0 Å². The fourth-order valence-electron chi connectivity index (χ4n) is 4.42. The Hall–Kier alpha value is -3.29. The number of anilines is 1. The number of hydrogen-bond acceptors (Lipinski definition) is 6. The molecule has 2 aromatic heterocycles. The molecule has 0 radical (unpaired) electrons. The van der Waals surface area contributed by atoms with E-state index in [2.05, 4.69) is 36.1 Å². The molecule has 14 heteroatoms. The third-order valence-corrected chi connectivity index (χ3v) is 7.09. The van der Waals surface area contributed by atoms with Crippen LogP contribution in [0.3, 0.4) is 0 Å². The molecule has 1 amide bonds. The third-order valence-electron chi connectivity index (χ3n) is 5.78. The lowest BCUT2D eigenvalue weighted by atomic mass is 9.94. The molecule has 0 saturated heterocycles. The van der Waals surface area contributed by atoms with Crippen LogP contribution in [-0.4, -0.2) is 41.1 Å². The average molecular weight is 671 g/mol. The minimum Gasteiger partial charge on any atom is -0.444 e.